The highest BCUT2D eigenvalue weighted by molar-refractivity contribution is 8.02. The Labute approximate surface area is 314 Å². The summed E-state index contributed by atoms with van der Waals surface area (Å²) in [6.45, 7) is -2.55. The van der Waals surface area contributed by atoms with Crippen LogP contribution >= 0.6 is 11.8 Å². The van der Waals surface area contributed by atoms with Crippen molar-refractivity contribution in [2.45, 2.75) is 43.4 Å². The van der Waals surface area contributed by atoms with Crippen molar-refractivity contribution in [3.63, 3.8) is 0 Å². The number of anilines is 1. The van der Waals surface area contributed by atoms with E-state index in [2.05, 4.69) is 4.74 Å². The van der Waals surface area contributed by atoms with Crippen LogP contribution in [-0.4, -0.2) is 66.6 Å². The molecule has 0 aliphatic carbocycles. The van der Waals surface area contributed by atoms with Crippen LogP contribution in [0.5, 0.6) is 0 Å². The average Bonchev–Trinajstić information content (AvgIpc) is 3.15. The molecule has 6 nitrogen and oxygen atoms in total. The molecule has 2 heterocycles. The third-order valence-corrected chi connectivity index (χ3v) is 10.0. The van der Waals surface area contributed by atoms with Crippen LogP contribution in [0.15, 0.2) is 102 Å². The van der Waals surface area contributed by atoms with Gasteiger partial charge in [0.25, 0.3) is 0 Å². The highest BCUT2D eigenvalue weighted by Crippen LogP contribution is 2.41. The van der Waals surface area contributed by atoms with Crippen molar-refractivity contribution in [1.29, 1.82) is 0 Å². The Morgan fingerprint density at radius 2 is 1.67 bits per heavy atom. The predicted octanol–water partition coefficient (Wildman–Crippen LogP) is 8.42. The first-order valence-electron chi connectivity index (χ1n) is 20.0. The lowest BCUT2D eigenvalue weighted by molar-refractivity contribution is -0.137. The fourth-order valence-corrected chi connectivity index (χ4v) is 7.21. The predicted molar refractivity (Wildman–Crippen MR) is 193 cm³/mol. The Bertz CT molecular complexity index is 2150. The summed E-state index contributed by atoms with van der Waals surface area (Å²) < 4.78 is 129. The molecule has 1 N–H and O–H groups in total. The number of para-hydroxylation sites is 1. The van der Waals surface area contributed by atoms with E-state index in [-0.39, 0.29) is 37.8 Å². The topological polar surface area (TPSA) is 56.2 Å². The maximum atomic E-state index is 14.9. The molecule has 6 rings (SSSR count). The van der Waals surface area contributed by atoms with Gasteiger partial charge in [0, 0.05) is 64.5 Å². The third-order valence-electron chi connectivity index (χ3n) is 9.15. The summed E-state index contributed by atoms with van der Waals surface area (Å²) in [6.07, 6.45) is -3.65. The smallest absolute Gasteiger partial charge is 0.384 e. The van der Waals surface area contributed by atoms with Crippen molar-refractivity contribution >= 4 is 23.4 Å². The van der Waals surface area contributed by atoms with Gasteiger partial charge in [-0.2, -0.15) is 13.2 Å². The molecule has 2 aliphatic rings. The zero-order chi connectivity index (χ0) is 42.9. The number of likely N-dealkylation sites (tertiary alicyclic amines) is 1. The van der Waals surface area contributed by atoms with E-state index in [1.807, 2.05) is 0 Å². The molecule has 1 unspecified atom stereocenters. The summed E-state index contributed by atoms with van der Waals surface area (Å²) in [5.74, 6) is -3.03. The molecule has 4 aromatic carbocycles. The fourth-order valence-electron chi connectivity index (χ4n) is 6.37. The van der Waals surface area contributed by atoms with E-state index in [1.165, 1.54) is 29.2 Å². The standard InChI is InChI=1S/C40H40F5N3O3S/c1-51-22-21-46-19-17-32(18-20-46)47(24-27-9-11-28(12-10-27)29-13-15-31(16-14-29)40(43,44)45)37(50)25-48-35-8-3-2-6-33(35)36(49)23-38(48)52-26-30-5-4-7-34(41)39(30)42/h2-16,23,32,36,49H,17-22,24-26H2,1H3/i1D3,22D2,26D2. The number of aliphatic hydroxyl groups excluding tert-OH is 1. The number of piperidine rings is 1. The fraction of sp³-hybridized carbons (Fsp3) is 0.325. The summed E-state index contributed by atoms with van der Waals surface area (Å²) in [6, 6.07) is 21.1. The molecule has 4 aromatic rings. The van der Waals surface area contributed by atoms with E-state index < -0.39 is 66.3 Å². The molecule has 0 radical (unpaired) electrons. The number of carbonyl (C=O) groups excluding carboxylic acids is 1. The van der Waals surface area contributed by atoms with Gasteiger partial charge < -0.3 is 24.5 Å². The minimum atomic E-state index is -4.48. The van der Waals surface area contributed by atoms with Crippen molar-refractivity contribution in [3.8, 4) is 11.1 Å². The molecule has 1 amide bonds. The minimum Gasteiger partial charge on any atom is -0.384 e. The van der Waals surface area contributed by atoms with Gasteiger partial charge in [-0.25, -0.2) is 8.78 Å². The number of amides is 1. The number of alkyl halides is 3. The van der Waals surface area contributed by atoms with Crippen LogP contribution in [0.2, 0.25) is 0 Å². The summed E-state index contributed by atoms with van der Waals surface area (Å²) in [5, 5.41) is 11.2. The summed E-state index contributed by atoms with van der Waals surface area (Å²) in [5.41, 5.74) is -1.22. The SMILES string of the molecule is [2H]C([2H])([2H])OC([2H])([2H])CN1CCC(N(Cc2ccc(-c3ccc(C(F)(F)F)cc3)cc2)C(=O)CN2C(SC([2H])([2H])c3cccc(F)c3F)=CC(O)c3ccccc32)CC1. The molecule has 12 heteroatoms. The van der Waals surface area contributed by atoms with Gasteiger partial charge in [0.15, 0.2) is 11.6 Å². The number of halogens is 5. The maximum absolute atomic E-state index is 14.9. The van der Waals surface area contributed by atoms with Crippen LogP contribution in [0, 0.1) is 11.6 Å². The number of rotatable bonds is 12. The first kappa shape index (κ1) is 29.2. The van der Waals surface area contributed by atoms with Gasteiger partial charge in [0.05, 0.1) is 24.0 Å². The lowest BCUT2D eigenvalue weighted by Gasteiger charge is -2.40. The normalized spacial score (nSPS) is 19.6. The van der Waals surface area contributed by atoms with E-state index >= 15 is 0 Å². The number of methoxy groups -OCH3 is 1. The van der Waals surface area contributed by atoms with Crippen LogP contribution in [0.3, 0.4) is 0 Å². The molecule has 1 atom stereocenters. The summed E-state index contributed by atoms with van der Waals surface area (Å²) >= 11 is 0.505. The Balaban J connectivity index is 1.28. The van der Waals surface area contributed by atoms with E-state index in [0.29, 0.717) is 52.5 Å². The second kappa shape index (κ2) is 16.6. The minimum absolute atomic E-state index is 0.0689. The van der Waals surface area contributed by atoms with Gasteiger partial charge in [-0.3, -0.25) is 4.79 Å². The van der Waals surface area contributed by atoms with Gasteiger partial charge in [0.1, 0.15) is 12.6 Å². The van der Waals surface area contributed by atoms with E-state index in [0.717, 1.165) is 24.3 Å². The molecule has 0 saturated carbocycles. The number of hydrogen-bond acceptors (Lipinski definition) is 6. The number of hydrogen-bond donors (Lipinski definition) is 1. The zero-order valence-corrected chi connectivity index (χ0v) is 28.6. The number of nitrogens with zero attached hydrogens (tertiary/aromatic N) is 3. The van der Waals surface area contributed by atoms with Crippen molar-refractivity contribution in [2.24, 2.45) is 0 Å². The molecule has 0 spiro atoms. The average molecular weight is 745 g/mol. The summed E-state index contributed by atoms with van der Waals surface area (Å²) in [4.78, 5) is 19.5. The highest BCUT2D eigenvalue weighted by atomic mass is 32.2. The second-order valence-corrected chi connectivity index (χ2v) is 13.3. The first-order valence-corrected chi connectivity index (χ1v) is 17.3. The van der Waals surface area contributed by atoms with Crippen LogP contribution in [-0.2, 0) is 28.0 Å². The number of ether oxygens (including phenoxy) is 1. The Kier molecular flexibility index (Phi) is 9.35. The maximum Gasteiger partial charge on any atom is 0.416 e. The molecular weight excluding hydrogens is 698 g/mol. The van der Waals surface area contributed by atoms with Gasteiger partial charge in [0.2, 0.25) is 5.91 Å². The van der Waals surface area contributed by atoms with Crippen LogP contribution in [0.4, 0.5) is 27.6 Å². The van der Waals surface area contributed by atoms with Gasteiger partial charge in [-0.15, -0.1) is 11.8 Å². The number of fused-ring (bicyclic) bond motifs is 1. The van der Waals surface area contributed by atoms with Crippen molar-refractivity contribution in [2.75, 3.05) is 44.7 Å². The highest BCUT2D eigenvalue weighted by Gasteiger charge is 2.33. The molecule has 0 aromatic heterocycles. The van der Waals surface area contributed by atoms with Crippen molar-refractivity contribution in [3.05, 3.63) is 136 Å². The van der Waals surface area contributed by atoms with Gasteiger partial charge in [-0.05, 0) is 59.9 Å². The Hall–Kier alpha value is -4.23. The molecule has 1 fully saturated rings. The number of thioether (sulfide) groups is 1. The summed E-state index contributed by atoms with van der Waals surface area (Å²) in [7, 11) is -2.95. The van der Waals surface area contributed by atoms with Gasteiger partial charge in [-0.1, -0.05) is 66.7 Å². The number of aliphatic hydroxyl groups is 1. The van der Waals surface area contributed by atoms with Gasteiger partial charge >= 0.3 is 6.18 Å². The van der Waals surface area contributed by atoms with Crippen molar-refractivity contribution in [1.82, 2.24) is 9.80 Å². The Morgan fingerprint density at radius 3 is 2.37 bits per heavy atom. The van der Waals surface area contributed by atoms with Crippen molar-refractivity contribution < 1.29 is 46.2 Å². The number of benzene rings is 4. The molecule has 2 aliphatic heterocycles. The van der Waals surface area contributed by atoms with Crippen LogP contribution in [0.1, 0.15) is 50.8 Å². The third kappa shape index (κ3) is 8.86. The molecule has 0 bridgehead atoms. The zero-order valence-electron chi connectivity index (χ0n) is 34.7. The van der Waals surface area contributed by atoms with E-state index in [1.54, 1.807) is 58.3 Å². The quantitative estimate of drug-likeness (QED) is 0.147. The molecular formula is C40H40F5N3O3S. The molecule has 52 heavy (non-hydrogen) atoms. The lowest BCUT2D eigenvalue weighted by atomic mass is 9.99. The first-order chi connectivity index (χ1) is 27.6. The lowest BCUT2D eigenvalue weighted by Crippen LogP contribution is -2.50. The molecule has 274 valence electrons. The monoisotopic (exact) mass is 744 g/mol. The number of carbonyl (C=O) groups is 1. The largest absolute Gasteiger partial charge is 0.416 e. The van der Waals surface area contributed by atoms with E-state index in [9.17, 15) is 31.9 Å². The Morgan fingerprint density at radius 1 is 0.981 bits per heavy atom. The van der Waals surface area contributed by atoms with Crippen LogP contribution < -0.4 is 4.90 Å². The molecule has 1 saturated heterocycles. The second-order valence-electron chi connectivity index (χ2n) is 12.4. The van der Waals surface area contributed by atoms with E-state index in [4.69, 9.17) is 9.60 Å². The van der Waals surface area contributed by atoms with Crippen LogP contribution in [0.25, 0.3) is 11.1 Å².